The quantitative estimate of drug-likeness (QED) is 0.727. The standard InChI is InChI=1S/C13H13N3/c1-9-4-5-11(10(2)6-9)13-12(7-14)15-8-16(13)3/h4-6,8H,1-3H3. The molecule has 0 radical (unpaired) electrons. The highest BCUT2D eigenvalue weighted by molar-refractivity contribution is 5.69. The molecule has 1 heterocycles. The van der Waals surface area contributed by atoms with Gasteiger partial charge in [0.1, 0.15) is 6.07 Å². The number of hydrogen-bond acceptors (Lipinski definition) is 2. The summed E-state index contributed by atoms with van der Waals surface area (Å²) < 4.78 is 1.89. The lowest BCUT2D eigenvalue weighted by molar-refractivity contribution is 0.920. The SMILES string of the molecule is Cc1ccc(-c2c(C#N)ncn2C)c(C)c1. The number of rotatable bonds is 1. The molecule has 0 aliphatic carbocycles. The fraction of sp³-hybridized carbons (Fsp3) is 0.231. The van der Waals surface area contributed by atoms with Crippen molar-refractivity contribution in [2.24, 2.45) is 7.05 Å². The number of hydrogen-bond donors (Lipinski definition) is 0. The van der Waals surface area contributed by atoms with E-state index in [2.05, 4.69) is 37.0 Å². The van der Waals surface area contributed by atoms with E-state index in [1.54, 1.807) is 6.33 Å². The number of aryl methyl sites for hydroxylation is 3. The van der Waals surface area contributed by atoms with Crippen molar-refractivity contribution in [3.8, 4) is 17.3 Å². The lowest BCUT2D eigenvalue weighted by Crippen LogP contribution is -1.94. The maximum Gasteiger partial charge on any atom is 0.166 e. The fourth-order valence-corrected chi connectivity index (χ4v) is 1.91. The van der Waals surface area contributed by atoms with E-state index in [9.17, 15) is 0 Å². The summed E-state index contributed by atoms with van der Waals surface area (Å²) in [7, 11) is 1.91. The highest BCUT2D eigenvalue weighted by Crippen LogP contribution is 2.26. The fourth-order valence-electron chi connectivity index (χ4n) is 1.91. The molecule has 3 nitrogen and oxygen atoms in total. The van der Waals surface area contributed by atoms with Gasteiger partial charge in [0.2, 0.25) is 0 Å². The highest BCUT2D eigenvalue weighted by atomic mass is 15.0. The molecule has 0 fully saturated rings. The van der Waals surface area contributed by atoms with Gasteiger partial charge < -0.3 is 4.57 Å². The van der Waals surface area contributed by atoms with E-state index in [1.807, 2.05) is 17.7 Å². The van der Waals surface area contributed by atoms with Crippen molar-refractivity contribution >= 4 is 0 Å². The Morgan fingerprint density at radius 2 is 2.06 bits per heavy atom. The van der Waals surface area contributed by atoms with Gasteiger partial charge in [-0.15, -0.1) is 0 Å². The molecule has 0 saturated heterocycles. The molecule has 0 unspecified atom stereocenters. The van der Waals surface area contributed by atoms with Crippen LogP contribution in [0.4, 0.5) is 0 Å². The Hall–Kier alpha value is -2.08. The molecular formula is C13H13N3. The summed E-state index contributed by atoms with van der Waals surface area (Å²) in [5.74, 6) is 0. The minimum absolute atomic E-state index is 0.481. The van der Waals surface area contributed by atoms with E-state index >= 15 is 0 Å². The van der Waals surface area contributed by atoms with Gasteiger partial charge in [0, 0.05) is 12.6 Å². The molecule has 16 heavy (non-hydrogen) atoms. The average molecular weight is 211 g/mol. The normalized spacial score (nSPS) is 10.1. The second kappa shape index (κ2) is 3.82. The van der Waals surface area contributed by atoms with Gasteiger partial charge in [0.15, 0.2) is 5.69 Å². The van der Waals surface area contributed by atoms with Crippen molar-refractivity contribution < 1.29 is 0 Å². The van der Waals surface area contributed by atoms with Gasteiger partial charge in [0.05, 0.1) is 12.0 Å². The zero-order chi connectivity index (χ0) is 11.7. The first-order valence-electron chi connectivity index (χ1n) is 5.12. The van der Waals surface area contributed by atoms with Crippen molar-refractivity contribution in [3.63, 3.8) is 0 Å². The topological polar surface area (TPSA) is 41.6 Å². The van der Waals surface area contributed by atoms with E-state index in [1.165, 1.54) is 11.1 Å². The minimum atomic E-state index is 0.481. The van der Waals surface area contributed by atoms with E-state index in [-0.39, 0.29) is 0 Å². The van der Waals surface area contributed by atoms with Gasteiger partial charge in [-0.1, -0.05) is 23.8 Å². The molecule has 1 aromatic heterocycles. The van der Waals surface area contributed by atoms with E-state index < -0.39 is 0 Å². The Balaban J connectivity index is 2.68. The molecule has 2 rings (SSSR count). The second-order valence-corrected chi connectivity index (χ2v) is 3.98. The van der Waals surface area contributed by atoms with Crippen LogP contribution in [-0.4, -0.2) is 9.55 Å². The molecular weight excluding hydrogens is 198 g/mol. The first kappa shape index (κ1) is 10.4. The summed E-state index contributed by atoms with van der Waals surface area (Å²) in [6, 6.07) is 8.34. The smallest absolute Gasteiger partial charge is 0.166 e. The van der Waals surface area contributed by atoms with Crippen LogP contribution in [0.1, 0.15) is 16.8 Å². The summed E-state index contributed by atoms with van der Waals surface area (Å²) in [6.45, 7) is 4.11. The molecule has 0 N–H and O–H groups in total. The maximum atomic E-state index is 9.01. The predicted molar refractivity (Wildman–Crippen MR) is 62.8 cm³/mol. The molecule has 0 amide bonds. The van der Waals surface area contributed by atoms with Gasteiger partial charge in [0.25, 0.3) is 0 Å². The van der Waals surface area contributed by atoms with Crippen molar-refractivity contribution in [2.75, 3.05) is 0 Å². The molecule has 1 aromatic carbocycles. The van der Waals surface area contributed by atoms with Crippen LogP contribution < -0.4 is 0 Å². The zero-order valence-electron chi connectivity index (χ0n) is 9.65. The van der Waals surface area contributed by atoms with Crippen LogP contribution in [0, 0.1) is 25.2 Å². The van der Waals surface area contributed by atoms with Gasteiger partial charge in [-0.25, -0.2) is 4.98 Å². The number of imidazole rings is 1. The van der Waals surface area contributed by atoms with Crippen molar-refractivity contribution in [1.29, 1.82) is 5.26 Å². The molecule has 0 aliphatic rings. The average Bonchev–Trinajstić information content (AvgIpc) is 2.60. The Bertz CT molecular complexity index is 573. The molecule has 0 atom stereocenters. The summed E-state index contributed by atoms with van der Waals surface area (Å²) in [5.41, 5.74) is 4.83. The molecule has 0 spiro atoms. The first-order chi connectivity index (χ1) is 7.63. The number of aromatic nitrogens is 2. The minimum Gasteiger partial charge on any atom is -0.333 e. The molecule has 0 bridgehead atoms. The van der Waals surface area contributed by atoms with E-state index in [0.717, 1.165) is 11.3 Å². The van der Waals surface area contributed by atoms with Gasteiger partial charge in [-0.3, -0.25) is 0 Å². The third-order valence-corrected chi connectivity index (χ3v) is 2.68. The van der Waals surface area contributed by atoms with Crippen LogP contribution in [0.15, 0.2) is 24.5 Å². The van der Waals surface area contributed by atoms with Crippen LogP contribution in [0.25, 0.3) is 11.3 Å². The van der Waals surface area contributed by atoms with Gasteiger partial charge in [-0.05, 0) is 19.4 Å². The van der Waals surface area contributed by atoms with Crippen molar-refractivity contribution in [3.05, 3.63) is 41.3 Å². The summed E-state index contributed by atoms with van der Waals surface area (Å²) in [4.78, 5) is 4.08. The molecule has 3 heteroatoms. The zero-order valence-corrected chi connectivity index (χ0v) is 9.65. The third-order valence-electron chi connectivity index (χ3n) is 2.68. The summed E-state index contributed by atoms with van der Waals surface area (Å²) in [5, 5.41) is 9.01. The highest BCUT2D eigenvalue weighted by Gasteiger charge is 2.12. The largest absolute Gasteiger partial charge is 0.333 e. The number of nitrogens with zero attached hydrogens (tertiary/aromatic N) is 3. The van der Waals surface area contributed by atoms with Crippen LogP contribution in [0.3, 0.4) is 0 Å². The molecule has 2 aromatic rings. The van der Waals surface area contributed by atoms with Crippen LogP contribution >= 0.6 is 0 Å². The Morgan fingerprint density at radius 3 is 2.69 bits per heavy atom. The van der Waals surface area contributed by atoms with Crippen molar-refractivity contribution in [2.45, 2.75) is 13.8 Å². The summed E-state index contributed by atoms with van der Waals surface area (Å²) >= 11 is 0. The van der Waals surface area contributed by atoms with Gasteiger partial charge in [-0.2, -0.15) is 5.26 Å². The van der Waals surface area contributed by atoms with Crippen molar-refractivity contribution in [1.82, 2.24) is 9.55 Å². The number of nitriles is 1. The Kier molecular flexibility index (Phi) is 2.49. The predicted octanol–water partition coefficient (Wildman–Crippen LogP) is 2.58. The maximum absolute atomic E-state index is 9.01. The second-order valence-electron chi connectivity index (χ2n) is 3.98. The van der Waals surface area contributed by atoms with Crippen LogP contribution in [0.5, 0.6) is 0 Å². The molecule has 80 valence electrons. The Labute approximate surface area is 95.0 Å². The summed E-state index contributed by atoms with van der Waals surface area (Å²) in [6.07, 6.45) is 1.67. The van der Waals surface area contributed by atoms with Crippen LogP contribution in [-0.2, 0) is 7.05 Å². The third kappa shape index (κ3) is 1.59. The Morgan fingerprint density at radius 1 is 1.31 bits per heavy atom. The first-order valence-corrected chi connectivity index (χ1v) is 5.12. The monoisotopic (exact) mass is 211 g/mol. The van der Waals surface area contributed by atoms with Gasteiger partial charge >= 0.3 is 0 Å². The number of benzene rings is 1. The van der Waals surface area contributed by atoms with Crippen LogP contribution in [0.2, 0.25) is 0 Å². The lowest BCUT2D eigenvalue weighted by Gasteiger charge is -2.07. The van der Waals surface area contributed by atoms with E-state index in [4.69, 9.17) is 5.26 Å². The van der Waals surface area contributed by atoms with E-state index in [0.29, 0.717) is 5.69 Å². The molecule has 0 saturated carbocycles. The lowest BCUT2D eigenvalue weighted by atomic mass is 10.0. The molecule has 0 aliphatic heterocycles.